The number of carboxylic acids is 1. The predicted octanol–water partition coefficient (Wildman–Crippen LogP) is 2.91. The average molecular weight is 357 g/mol. The van der Waals surface area contributed by atoms with Gasteiger partial charge in [0.2, 0.25) is 0 Å². The maximum Gasteiger partial charge on any atom is 0.305 e. The summed E-state index contributed by atoms with van der Waals surface area (Å²) >= 11 is 3.27. The lowest BCUT2D eigenvalue weighted by atomic mass is 10.0. The minimum absolute atomic E-state index is 0.0195. The first-order valence-electron chi connectivity index (χ1n) is 6.35. The number of hydrogen-bond acceptors (Lipinski definition) is 4. The first-order valence-corrected chi connectivity index (χ1v) is 7.15. The monoisotopic (exact) mass is 356 g/mol. The number of tetrazole rings is 1. The van der Waals surface area contributed by atoms with E-state index < -0.39 is 17.8 Å². The first kappa shape index (κ1) is 15.6. The number of halogens is 2. The molecule has 1 aromatic heterocycles. The number of carbonyl (C=O) groups is 1. The summed E-state index contributed by atoms with van der Waals surface area (Å²) in [6, 6.07) is 4.09. The van der Waals surface area contributed by atoms with E-state index in [9.17, 15) is 9.18 Å². The van der Waals surface area contributed by atoms with Crippen LogP contribution in [0.2, 0.25) is 0 Å². The second-order valence-corrected chi connectivity index (χ2v) is 5.81. The van der Waals surface area contributed by atoms with Crippen molar-refractivity contribution in [3.63, 3.8) is 0 Å². The van der Waals surface area contributed by atoms with E-state index in [1.54, 1.807) is 12.1 Å². The van der Waals surface area contributed by atoms with Crippen molar-refractivity contribution in [2.45, 2.75) is 26.3 Å². The van der Waals surface area contributed by atoms with Crippen molar-refractivity contribution >= 4 is 21.9 Å². The Labute approximate surface area is 129 Å². The largest absolute Gasteiger partial charge is 0.481 e. The number of benzene rings is 1. The number of hydrogen-bond donors (Lipinski definition) is 1. The molecule has 0 radical (unpaired) electrons. The molecule has 1 N–H and O–H groups in total. The molecule has 0 spiro atoms. The standard InChI is InChI=1S/C13H14BrFN4O2/c1-7(2)10(6-11(20)21)19-13(16-17-18-19)12-8(14)4-3-5-9(12)15/h3-5,7,10H,6H2,1-2H3,(H,20,21). The normalized spacial score (nSPS) is 12.6. The molecule has 0 saturated carbocycles. The lowest BCUT2D eigenvalue weighted by Crippen LogP contribution is -2.21. The third kappa shape index (κ3) is 3.26. The highest BCUT2D eigenvalue weighted by atomic mass is 79.9. The summed E-state index contributed by atoms with van der Waals surface area (Å²) in [7, 11) is 0. The van der Waals surface area contributed by atoms with Crippen LogP contribution >= 0.6 is 15.9 Å². The molecule has 0 aliphatic rings. The van der Waals surface area contributed by atoms with Gasteiger partial charge in [0.1, 0.15) is 5.82 Å². The summed E-state index contributed by atoms with van der Waals surface area (Å²) in [4.78, 5) is 11.0. The van der Waals surface area contributed by atoms with E-state index in [0.717, 1.165) is 0 Å². The Bertz CT molecular complexity index is 639. The highest BCUT2D eigenvalue weighted by Crippen LogP contribution is 2.32. The van der Waals surface area contributed by atoms with Gasteiger partial charge in [0, 0.05) is 4.47 Å². The highest BCUT2D eigenvalue weighted by molar-refractivity contribution is 9.10. The van der Waals surface area contributed by atoms with Crippen molar-refractivity contribution in [2.75, 3.05) is 0 Å². The topological polar surface area (TPSA) is 80.9 Å². The number of rotatable bonds is 5. The van der Waals surface area contributed by atoms with Crippen LogP contribution in [-0.4, -0.2) is 31.3 Å². The van der Waals surface area contributed by atoms with Crippen molar-refractivity contribution in [3.05, 3.63) is 28.5 Å². The Morgan fingerprint density at radius 3 is 2.76 bits per heavy atom. The van der Waals surface area contributed by atoms with Gasteiger partial charge in [-0.15, -0.1) is 5.10 Å². The molecule has 2 aromatic rings. The molecule has 2 rings (SSSR count). The molecule has 0 bridgehead atoms. The predicted molar refractivity (Wildman–Crippen MR) is 77.0 cm³/mol. The van der Waals surface area contributed by atoms with Crippen LogP contribution in [0.15, 0.2) is 22.7 Å². The smallest absolute Gasteiger partial charge is 0.305 e. The molecular formula is C13H14BrFN4O2. The third-order valence-electron chi connectivity index (χ3n) is 3.15. The average Bonchev–Trinajstić information content (AvgIpc) is 2.84. The first-order chi connectivity index (χ1) is 9.91. The zero-order valence-corrected chi connectivity index (χ0v) is 13.1. The molecule has 1 atom stereocenters. The summed E-state index contributed by atoms with van der Waals surface area (Å²) in [6.07, 6.45) is -0.137. The van der Waals surface area contributed by atoms with Gasteiger partial charge in [0.15, 0.2) is 5.82 Å². The van der Waals surface area contributed by atoms with Crippen molar-refractivity contribution in [3.8, 4) is 11.4 Å². The van der Waals surface area contributed by atoms with Crippen LogP contribution in [0.1, 0.15) is 26.3 Å². The molecular weight excluding hydrogens is 343 g/mol. The van der Waals surface area contributed by atoms with E-state index in [2.05, 4.69) is 31.5 Å². The van der Waals surface area contributed by atoms with Gasteiger partial charge in [0.25, 0.3) is 0 Å². The van der Waals surface area contributed by atoms with E-state index in [1.165, 1.54) is 10.7 Å². The molecule has 1 heterocycles. The van der Waals surface area contributed by atoms with E-state index in [0.29, 0.717) is 4.47 Å². The highest BCUT2D eigenvalue weighted by Gasteiger charge is 2.26. The van der Waals surface area contributed by atoms with Gasteiger partial charge in [-0.25, -0.2) is 9.07 Å². The van der Waals surface area contributed by atoms with Crippen molar-refractivity contribution in [1.29, 1.82) is 0 Å². The van der Waals surface area contributed by atoms with E-state index in [4.69, 9.17) is 5.11 Å². The lowest BCUT2D eigenvalue weighted by Gasteiger charge is -2.20. The number of carboxylic acid groups (broad SMARTS) is 1. The van der Waals surface area contributed by atoms with Crippen LogP contribution < -0.4 is 0 Å². The number of aromatic nitrogens is 4. The summed E-state index contributed by atoms with van der Waals surface area (Å²) in [6.45, 7) is 3.74. The van der Waals surface area contributed by atoms with Gasteiger partial charge >= 0.3 is 5.97 Å². The Hall–Kier alpha value is -1.83. The minimum atomic E-state index is -0.956. The number of nitrogens with zero attached hydrogens (tertiary/aromatic N) is 4. The quantitative estimate of drug-likeness (QED) is 0.890. The van der Waals surface area contributed by atoms with E-state index >= 15 is 0 Å². The van der Waals surface area contributed by atoms with Gasteiger partial charge in [-0.2, -0.15) is 0 Å². The minimum Gasteiger partial charge on any atom is -0.481 e. The van der Waals surface area contributed by atoms with Crippen molar-refractivity contribution in [2.24, 2.45) is 5.92 Å². The molecule has 0 fully saturated rings. The van der Waals surface area contributed by atoms with Gasteiger partial charge in [0.05, 0.1) is 18.0 Å². The molecule has 112 valence electrons. The fourth-order valence-electron chi connectivity index (χ4n) is 2.08. The van der Waals surface area contributed by atoms with Crippen LogP contribution in [0.25, 0.3) is 11.4 Å². The molecule has 0 amide bonds. The fourth-order valence-corrected chi connectivity index (χ4v) is 2.60. The molecule has 6 nitrogen and oxygen atoms in total. The van der Waals surface area contributed by atoms with Crippen LogP contribution in [0.3, 0.4) is 0 Å². The third-order valence-corrected chi connectivity index (χ3v) is 3.81. The van der Waals surface area contributed by atoms with Gasteiger partial charge < -0.3 is 5.11 Å². The zero-order chi connectivity index (χ0) is 15.6. The SMILES string of the molecule is CC(C)C(CC(=O)O)n1nnnc1-c1c(F)cccc1Br. The molecule has 1 aromatic carbocycles. The van der Waals surface area contributed by atoms with Crippen LogP contribution in [0.5, 0.6) is 0 Å². The summed E-state index contributed by atoms with van der Waals surface area (Å²) < 4.78 is 16.0. The zero-order valence-electron chi connectivity index (χ0n) is 11.5. The van der Waals surface area contributed by atoms with Gasteiger partial charge in [-0.3, -0.25) is 4.79 Å². The Kier molecular flexibility index (Phi) is 4.66. The van der Waals surface area contributed by atoms with Crippen molar-refractivity contribution < 1.29 is 14.3 Å². The van der Waals surface area contributed by atoms with Crippen LogP contribution in [0, 0.1) is 11.7 Å². The second kappa shape index (κ2) is 6.30. The Balaban J connectivity index is 2.54. The van der Waals surface area contributed by atoms with Gasteiger partial charge in [-0.1, -0.05) is 19.9 Å². The molecule has 1 unspecified atom stereocenters. The summed E-state index contributed by atoms with van der Waals surface area (Å²) in [5, 5.41) is 20.3. The van der Waals surface area contributed by atoms with Crippen LogP contribution in [0.4, 0.5) is 4.39 Å². The maximum absolute atomic E-state index is 14.1. The Morgan fingerprint density at radius 1 is 1.48 bits per heavy atom. The molecule has 0 saturated heterocycles. The summed E-state index contributed by atoms with van der Waals surface area (Å²) in [5.74, 6) is -1.24. The lowest BCUT2D eigenvalue weighted by molar-refractivity contribution is -0.138. The second-order valence-electron chi connectivity index (χ2n) is 4.95. The molecule has 0 aliphatic heterocycles. The maximum atomic E-state index is 14.1. The Morgan fingerprint density at radius 2 is 2.19 bits per heavy atom. The van der Waals surface area contributed by atoms with E-state index in [1.807, 2.05) is 13.8 Å². The summed E-state index contributed by atoms with van der Waals surface area (Å²) in [5.41, 5.74) is 0.221. The molecule has 21 heavy (non-hydrogen) atoms. The molecule has 0 aliphatic carbocycles. The van der Waals surface area contributed by atoms with Crippen LogP contribution in [-0.2, 0) is 4.79 Å². The number of aliphatic carboxylic acids is 1. The van der Waals surface area contributed by atoms with E-state index in [-0.39, 0.29) is 23.7 Å². The fraction of sp³-hybridized carbons (Fsp3) is 0.385. The van der Waals surface area contributed by atoms with Gasteiger partial charge in [-0.05, 0) is 44.4 Å². The van der Waals surface area contributed by atoms with Crippen molar-refractivity contribution in [1.82, 2.24) is 20.2 Å². The molecule has 8 heteroatoms.